The van der Waals surface area contributed by atoms with Crippen molar-refractivity contribution in [3.8, 4) is 11.8 Å². The van der Waals surface area contributed by atoms with Crippen molar-refractivity contribution >= 4 is 16.8 Å². The van der Waals surface area contributed by atoms with E-state index < -0.39 is 35.9 Å². The number of carbonyl (C=O) groups excluding carboxylic acids is 1. The van der Waals surface area contributed by atoms with E-state index in [1.165, 1.54) is 24.4 Å². The second kappa shape index (κ2) is 7.43. The summed E-state index contributed by atoms with van der Waals surface area (Å²) >= 11 is 0. The maximum Gasteiger partial charge on any atom is 0.339 e. The highest BCUT2D eigenvalue weighted by Gasteiger charge is 2.31. The number of ether oxygens (including phenoxy) is 1. The molecule has 1 aliphatic rings. The first kappa shape index (κ1) is 12.0. The Morgan fingerprint density at radius 1 is 1.35 bits per heavy atom. The molecule has 2 heterocycles. The Hall–Kier alpha value is -2.45. The minimum atomic E-state index is -2.83. The summed E-state index contributed by atoms with van der Waals surface area (Å²) in [5.41, 5.74) is -1.08. The third-order valence-electron chi connectivity index (χ3n) is 3.96. The number of aromatic nitrogens is 1. The Kier molecular flexibility index (Phi) is 3.44. The number of carbonyl (C=O) groups is 1. The first-order chi connectivity index (χ1) is 14.9. The molecule has 0 spiro atoms. The average molecular weight is 374 g/mol. The fourth-order valence-corrected chi connectivity index (χ4v) is 3.98. The van der Waals surface area contributed by atoms with Crippen LogP contribution in [0.4, 0.5) is 0 Å². The average Bonchev–Trinajstić information content (AvgIpc) is 2.71. The number of nitrogens with zero attached hydrogens (tertiary/aromatic N) is 1. The highest BCUT2D eigenvalue weighted by atomic mass is 32.2. The Labute approximate surface area is 164 Å². The lowest BCUT2D eigenvalue weighted by molar-refractivity contribution is 0.0526. The van der Waals surface area contributed by atoms with Crippen molar-refractivity contribution < 1.29 is 22.0 Å². The zero-order chi connectivity index (χ0) is 23.7. The lowest BCUT2D eigenvalue weighted by Crippen LogP contribution is -2.27. The molecule has 0 saturated carbocycles. The summed E-state index contributed by atoms with van der Waals surface area (Å²) in [5.74, 6) is 5.13. The van der Waals surface area contributed by atoms with Crippen molar-refractivity contribution in [2.75, 3.05) is 12.4 Å². The van der Waals surface area contributed by atoms with Crippen molar-refractivity contribution in [3.05, 3.63) is 58.9 Å². The first-order valence-electron chi connectivity index (χ1n) is 11.1. The van der Waals surface area contributed by atoms with Crippen molar-refractivity contribution in [2.24, 2.45) is 0 Å². The molecule has 4 nitrogen and oxygen atoms in total. The normalized spacial score (nSPS) is 22.0. The van der Waals surface area contributed by atoms with Crippen LogP contribution in [-0.2, 0) is 21.0 Å². The summed E-state index contributed by atoms with van der Waals surface area (Å²) in [4.78, 5) is 16.0. The molecule has 0 N–H and O–H groups in total. The fraction of sp³-hybridized carbons (Fsp3) is 0.333. The molecule has 26 heavy (non-hydrogen) atoms. The van der Waals surface area contributed by atoms with Crippen LogP contribution in [0.15, 0.2) is 41.4 Å². The lowest BCUT2D eigenvalue weighted by atomic mass is 9.81. The van der Waals surface area contributed by atoms with Gasteiger partial charge in [0.25, 0.3) is 0 Å². The smallest absolute Gasteiger partial charge is 0.339 e. The van der Waals surface area contributed by atoms with Gasteiger partial charge in [-0.15, -0.1) is 0 Å². The maximum atomic E-state index is 12.5. The fourth-order valence-electron chi connectivity index (χ4n) is 2.57. The molecule has 5 heteroatoms. The van der Waals surface area contributed by atoms with Crippen LogP contribution in [0.5, 0.6) is 0 Å². The van der Waals surface area contributed by atoms with E-state index in [2.05, 4.69) is 16.8 Å². The third kappa shape index (κ3) is 3.86. The molecule has 1 aliphatic heterocycles. The zero-order valence-electron chi connectivity index (χ0n) is 20.2. The molecule has 0 radical (unpaired) electrons. The SMILES string of the molecule is [2H]C([2H])([2H])C1(C([2H])([2H])[2H])CCS(=O)c2ccc(C#Cc3ccc(C(=O)OCC)cn3)cc21. The topological polar surface area (TPSA) is 56.3 Å². The number of hydrogen-bond donors (Lipinski definition) is 0. The highest BCUT2D eigenvalue weighted by Crippen LogP contribution is 2.37. The minimum Gasteiger partial charge on any atom is -0.462 e. The second-order valence-electron chi connectivity index (χ2n) is 5.82. The van der Waals surface area contributed by atoms with Crippen molar-refractivity contribution in [3.63, 3.8) is 0 Å². The minimum absolute atomic E-state index is 0.0273. The van der Waals surface area contributed by atoms with Crippen LogP contribution in [-0.4, -0.2) is 27.5 Å². The van der Waals surface area contributed by atoms with Crippen molar-refractivity contribution in [2.45, 2.75) is 37.4 Å². The molecule has 0 fully saturated rings. The van der Waals surface area contributed by atoms with Gasteiger partial charge in [-0.25, -0.2) is 9.78 Å². The molecule has 0 amide bonds. The Morgan fingerprint density at radius 2 is 2.19 bits per heavy atom. The molecule has 0 saturated heterocycles. The number of benzene rings is 1. The van der Waals surface area contributed by atoms with E-state index in [9.17, 15) is 9.00 Å². The van der Waals surface area contributed by atoms with Gasteiger partial charge in [0.2, 0.25) is 0 Å². The summed E-state index contributed by atoms with van der Waals surface area (Å²) in [5, 5.41) is 0. The van der Waals surface area contributed by atoms with Gasteiger partial charge in [0, 0.05) is 30.6 Å². The van der Waals surface area contributed by atoms with E-state index >= 15 is 0 Å². The van der Waals surface area contributed by atoms with Gasteiger partial charge in [-0.1, -0.05) is 19.6 Å². The van der Waals surface area contributed by atoms with Crippen molar-refractivity contribution in [1.82, 2.24) is 4.98 Å². The molecule has 3 rings (SSSR count). The Morgan fingerprint density at radius 3 is 2.88 bits per heavy atom. The lowest BCUT2D eigenvalue weighted by Gasteiger charge is -2.31. The predicted molar refractivity (Wildman–Crippen MR) is 102 cm³/mol. The summed E-state index contributed by atoms with van der Waals surface area (Å²) < 4.78 is 65.5. The molecule has 1 aromatic heterocycles. The molecule has 1 unspecified atom stereocenters. The van der Waals surface area contributed by atoms with E-state index in [-0.39, 0.29) is 34.8 Å². The largest absolute Gasteiger partial charge is 0.462 e. The summed E-state index contributed by atoms with van der Waals surface area (Å²) in [7, 11) is -1.49. The van der Waals surface area contributed by atoms with Crippen LogP contribution in [0.25, 0.3) is 0 Å². The van der Waals surface area contributed by atoms with E-state index in [4.69, 9.17) is 13.0 Å². The van der Waals surface area contributed by atoms with Crippen LogP contribution in [0.2, 0.25) is 0 Å². The summed E-state index contributed by atoms with van der Waals surface area (Å²) in [6, 6.07) is 7.54. The van der Waals surface area contributed by atoms with Gasteiger partial charge >= 0.3 is 5.97 Å². The van der Waals surface area contributed by atoms with Gasteiger partial charge in [0.1, 0.15) is 5.69 Å². The van der Waals surface area contributed by atoms with Gasteiger partial charge < -0.3 is 4.74 Å². The first-order valence-corrected chi connectivity index (χ1v) is 9.41. The molecule has 1 atom stereocenters. The molecule has 0 bridgehead atoms. The van der Waals surface area contributed by atoms with E-state index in [0.717, 1.165) is 0 Å². The number of pyridine rings is 1. The van der Waals surface area contributed by atoms with E-state index in [1.807, 2.05) is 0 Å². The quantitative estimate of drug-likeness (QED) is 0.598. The number of hydrogen-bond acceptors (Lipinski definition) is 4. The Bertz CT molecular complexity index is 1100. The second-order valence-corrected chi connectivity index (χ2v) is 7.36. The summed E-state index contributed by atoms with van der Waals surface area (Å²) in [6.45, 7) is -3.70. The van der Waals surface area contributed by atoms with Crippen LogP contribution in [0.1, 0.15) is 62.5 Å². The standard InChI is InChI=1S/C21H21NO3S/c1-4-25-20(23)16-7-9-17(22-14-16)8-5-15-6-10-19-18(13-15)21(2,3)11-12-26(19)24/h6-7,9-10,13-14H,4,11-12H2,1-3H3/i2D3,3D3. The number of esters is 1. The molecule has 2 aromatic rings. The van der Waals surface area contributed by atoms with E-state index in [1.54, 1.807) is 19.1 Å². The molecular formula is C21H21NO3S. The molecular weight excluding hydrogens is 346 g/mol. The van der Waals surface area contributed by atoms with Gasteiger partial charge in [-0.3, -0.25) is 4.21 Å². The van der Waals surface area contributed by atoms with Gasteiger partial charge in [-0.2, -0.15) is 0 Å². The van der Waals surface area contributed by atoms with Gasteiger partial charge in [-0.05, 0) is 60.6 Å². The predicted octanol–water partition coefficient (Wildman–Crippen LogP) is 3.45. The number of rotatable bonds is 2. The van der Waals surface area contributed by atoms with Gasteiger partial charge in [0.15, 0.2) is 0 Å². The highest BCUT2D eigenvalue weighted by molar-refractivity contribution is 7.85. The van der Waals surface area contributed by atoms with Crippen LogP contribution < -0.4 is 0 Å². The third-order valence-corrected chi connectivity index (χ3v) is 5.38. The van der Waals surface area contributed by atoms with Crippen LogP contribution in [0, 0.1) is 11.8 Å². The molecule has 1 aromatic carbocycles. The van der Waals surface area contributed by atoms with Crippen molar-refractivity contribution in [1.29, 1.82) is 0 Å². The number of fused-ring (bicyclic) bond motifs is 1. The monoisotopic (exact) mass is 373 g/mol. The van der Waals surface area contributed by atoms with Gasteiger partial charge in [0.05, 0.1) is 23.0 Å². The van der Waals surface area contributed by atoms with Crippen LogP contribution in [0.3, 0.4) is 0 Å². The van der Waals surface area contributed by atoms with Crippen LogP contribution >= 0.6 is 0 Å². The van der Waals surface area contributed by atoms with E-state index in [0.29, 0.717) is 11.3 Å². The maximum absolute atomic E-state index is 12.5. The Balaban J connectivity index is 2.03. The summed E-state index contributed by atoms with van der Waals surface area (Å²) in [6.07, 6.45) is 1.10. The molecule has 0 aliphatic carbocycles. The zero-order valence-corrected chi connectivity index (χ0v) is 15.0. The molecule has 134 valence electrons.